The SMILES string of the molecule is Cc1c(-c2ccncc2)[nH]c2ccc(C(=O)N[C@@H](CCCn3cccc3)C(N)=O)cc12. The van der Waals surface area contributed by atoms with Crippen LogP contribution in [0.1, 0.15) is 28.8 Å². The van der Waals surface area contributed by atoms with Gasteiger partial charge in [0.2, 0.25) is 5.91 Å². The number of benzene rings is 1. The summed E-state index contributed by atoms with van der Waals surface area (Å²) in [4.78, 5) is 32.2. The van der Waals surface area contributed by atoms with Crippen molar-refractivity contribution in [2.24, 2.45) is 5.73 Å². The molecule has 3 aromatic heterocycles. The molecule has 31 heavy (non-hydrogen) atoms. The third kappa shape index (κ3) is 4.50. The molecule has 0 radical (unpaired) electrons. The van der Waals surface area contributed by atoms with Gasteiger partial charge in [-0.25, -0.2) is 0 Å². The zero-order valence-electron chi connectivity index (χ0n) is 17.3. The molecule has 4 N–H and O–H groups in total. The van der Waals surface area contributed by atoms with Gasteiger partial charge in [-0.1, -0.05) is 0 Å². The van der Waals surface area contributed by atoms with Crippen LogP contribution in [-0.4, -0.2) is 32.4 Å². The number of H-pyrrole nitrogens is 1. The lowest BCUT2D eigenvalue weighted by atomic mass is 10.0. The average Bonchev–Trinajstić information content (AvgIpc) is 3.41. The second-order valence-electron chi connectivity index (χ2n) is 7.61. The second kappa shape index (κ2) is 8.87. The molecule has 0 saturated carbocycles. The molecular formula is C24H25N5O2. The van der Waals surface area contributed by atoms with Crippen LogP contribution < -0.4 is 11.1 Å². The van der Waals surface area contributed by atoms with Crippen molar-refractivity contribution in [3.8, 4) is 11.3 Å². The van der Waals surface area contributed by atoms with Crippen molar-refractivity contribution < 1.29 is 9.59 Å². The van der Waals surface area contributed by atoms with Crippen LogP contribution in [0.2, 0.25) is 0 Å². The minimum absolute atomic E-state index is 0.308. The minimum Gasteiger partial charge on any atom is -0.368 e. The number of fused-ring (bicyclic) bond motifs is 1. The summed E-state index contributed by atoms with van der Waals surface area (Å²) in [6, 6.07) is 12.6. The second-order valence-corrected chi connectivity index (χ2v) is 7.61. The van der Waals surface area contributed by atoms with E-state index in [2.05, 4.69) is 15.3 Å². The number of primary amides is 1. The van der Waals surface area contributed by atoms with E-state index >= 15 is 0 Å². The molecule has 0 spiro atoms. The first-order valence-corrected chi connectivity index (χ1v) is 10.3. The molecule has 3 heterocycles. The molecule has 4 rings (SSSR count). The first-order chi connectivity index (χ1) is 15.0. The Morgan fingerprint density at radius 3 is 2.61 bits per heavy atom. The summed E-state index contributed by atoms with van der Waals surface area (Å²) in [6.45, 7) is 2.78. The molecule has 0 aliphatic carbocycles. The smallest absolute Gasteiger partial charge is 0.251 e. The lowest BCUT2D eigenvalue weighted by Gasteiger charge is -2.16. The molecule has 4 aromatic rings. The first kappa shape index (κ1) is 20.4. The monoisotopic (exact) mass is 415 g/mol. The highest BCUT2D eigenvalue weighted by Crippen LogP contribution is 2.30. The number of aryl methyl sites for hydroxylation is 2. The zero-order valence-corrected chi connectivity index (χ0v) is 17.3. The zero-order chi connectivity index (χ0) is 21.8. The number of aromatic nitrogens is 3. The van der Waals surface area contributed by atoms with Crippen molar-refractivity contribution in [3.05, 3.63) is 78.4 Å². The third-order valence-electron chi connectivity index (χ3n) is 5.51. The number of carbonyl (C=O) groups is 2. The predicted molar refractivity (Wildman–Crippen MR) is 120 cm³/mol. The van der Waals surface area contributed by atoms with E-state index in [9.17, 15) is 9.59 Å². The number of nitrogens with two attached hydrogens (primary N) is 1. The fraction of sp³-hybridized carbons (Fsp3) is 0.208. The van der Waals surface area contributed by atoms with E-state index in [0.29, 0.717) is 12.0 Å². The van der Waals surface area contributed by atoms with Gasteiger partial charge in [0.1, 0.15) is 6.04 Å². The highest BCUT2D eigenvalue weighted by atomic mass is 16.2. The molecule has 1 atom stereocenters. The Balaban J connectivity index is 1.49. The van der Waals surface area contributed by atoms with Crippen molar-refractivity contribution in [1.29, 1.82) is 0 Å². The summed E-state index contributed by atoms with van der Waals surface area (Å²) in [5.41, 5.74) is 10.0. The van der Waals surface area contributed by atoms with Crippen LogP contribution in [0, 0.1) is 6.92 Å². The van der Waals surface area contributed by atoms with Gasteiger partial charge in [-0.2, -0.15) is 0 Å². The predicted octanol–water partition coefficient (Wildman–Crippen LogP) is 3.40. The van der Waals surface area contributed by atoms with Gasteiger partial charge in [0, 0.05) is 59.1 Å². The van der Waals surface area contributed by atoms with Gasteiger partial charge in [-0.05, 0) is 67.8 Å². The third-order valence-corrected chi connectivity index (χ3v) is 5.51. The van der Waals surface area contributed by atoms with Crippen molar-refractivity contribution in [2.75, 3.05) is 0 Å². The van der Waals surface area contributed by atoms with Gasteiger partial charge in [-0.15, -0.1) is 0 Å². The van der Waals surface area contributed by atoms with E-state index in [0.717, 1.165) is 40.7 Å². The van der Waals surface area contributed by atoms with Gasteiger partial charge in [0.25, 0.3) is 5.91 Å². The Morgan fingerprint density at radius 1 is 1.16 bits per heavy atom. The molecule has 0 unspecified atom stereocenters. The van der Waals surface area contributed by atoms with E-state index in [-0.39, 0.29) is 5.91 Å². The number of nitrogens with one attached hydrogen (secondary N) is 2. The van der Waals surface area contributed by atoms with Crippen LogP contribution in [0.15, 0.2) is 67.3 Å². The number of amides is 2. The Morgan fingerprint density at radius 2 is 1.90 bits per heavy atom. The molecular weight excluding hydrogens is 390 g/mol. The summed E-state index contributed by atoms with van der Waals surface area (Å²) in [5.74, 6) is -0.836. The Kier molecular flexibility index (Phi) is 5.84. The summed E-state index contributed by atoms with van der Waals surface area (Å²) >= 11 is 0. The van der Waals surface area contributed by atoms with E-state index in [1.165, 1.54) is 0 Å². The van der Waals surface area contributed by atoms with Crippen molar-refractivity contribution >= 4 is 22.7 Å². The van der Waals surface area contributed by atoms with Crippen LogP contribution in [-0.2, 0) is 11.3 Å². The van der Waals surface area contributed by atoms with E-state index in [4.69, 9.17) is 5.73 Å². The number of carbonyl (C=O) groups excluding carboxylic acids is 2. The van der Waals surface area contributed by atoms with Crippen LogP contribution >= 0.6 is 0 Å². The summed E-state index contributed by atoms with van der Waals surface area (Å²) in [6.07, 6.45) is 8.64. The normalized spacial score (nSPS) is 12.0. The number of nitrogens with zero attached hydrogens (tertiary/aromatic N) is 2. The molecule has 7 nitrogen and oxygen atoms in total. The van der Waals surface area contributed by atoms with Crippen LogP contribution in [0.3, 0.4) is 0 Å². The summed E-state index contributed by atoms with van der Waals surface area (Å²) < 4.78 is 2.03. The van der Waals surface area contributed by atoms with Crippen LogP contribution in [0.5, 0.6) is 0 Å². The first-order valence-electron chi connectivity index (χ1n) is 10.3. The van der Waals surface area contributed by atoms with Crippen LogP contribution in [0.4, 0.5) is 0 Å². The fourth-order valence-electron chi connectivity index (χ4n) is 3.80. The molecule has 7 heteroatoms. The largest absolute Gasteiger partial charge is 0.368 e. The maximum absolute atomic E-state index is 12.8. The Hall–Kier alpha value is -3.87. The number of pyridine rings is 1. The lowest BCUT2D eigenvalue weighted by Crippen LogP contribution is -2.44. The van der Waals surface area contributed by atoms with Gasteiger partial charge in [-0.3, -0.25) is 14.6 Å². The summed E-state index contributed by atoms with van der Waals surface area (Å²) in [7, 11) is 0. The highest BCUT2D eigenvalue weighted by Gasteiger charge is 2.19. The van der Waals surface area contributed by atoms with Crippen molar-refractivity contribution in [1.82, 2.24) is 19.9 Å². The van der Waals surface area contributed by atoms with E-state index < -0.39 is 11.9 Å². The fourth-order valence-corrected chi connectivity index (χ4v) is 3.80. The standard InChI is InChI=1S/C24H25N5O2/c1-16-19-15-18(6-7-20(19)27-22(16)17-8-10-26-11-9-17)24(31)28-21(23(25)30)5-4-14-29-12-2-3-13-29/h2-3,6-13,15,21,27H,4-5,14H2,1H3,(H2,25,30)(H,28,31)/t21-/m0/s1. The highest BCUT2D eigenvalue weighted by molar-refractivity contribution is 6.01. The lowest BCUT2D eigenvalue weighted by molar-refractivity contribution is -0.120. The molecule has 0 saturated heterocycles. The molecule has 2 amide bonds. The number of rotatable bonds is 8. The molecule has 0 bridgehead atoms. The van der Waals surface area contributed by atoms with Gasteiger partial charge in [0.15, 0.2) is 0 Å². The number of aromatic amines is 1. The molecule has 1 aromatic carbocycles. The average molecular weight is 415 g/mol. The minimum atomic E-state index is -0.710. The van der Waals surface area contributed by atoms with E-state index in [1.54, 1.807) is 18.5 Å². The molecule has 0 fully saturated rings. The van der Waals surface area contributed by atoms with Crippen molar-refractivity contribution in [2.45, 2.75) is 32.4 Å². The van der Waals surface area contributed by atoms with Gasteiger partial charge >= 0.3 is 0 Å². The van der Waals surface area contributed by atoms with Crippen LogP contribution in [0.25, 0.3) is 22.2 Å². The van der Waals surface area contributed by atoms with Crippen molar-refractivity contribution in [3.63, 3.8) is 0 Å². The Labute approximate surface area is 180 Å². The van der Waals surface area contributed by atoms with Gasteiger partial charge in [0.05, 0.1) is 0 Å². The molecule has 0 aliphatic heterocycles. The maximum atomic E-state index is 12.8. The summed E-state index contributed by atoms with van der Waals surface area (Å²) in [5, 5.41) is 3.76. The molecule has 0 aliphatic rings. The Bertz CT molecular complexity index is 1200. The van der Waals surface area contributed by atoms with Gasteiger partial charge < -0.3 is 20.6 Å². The maximum Gasteiger partial charge on any atom is 0.251 e. The number of hydrogen-bond donors (Lipinski definition) is 3. The molecule has 158 valence electrons. The number of hydrogen-bond acceptors (Lipinski definition) is 3. The topological polar surface area (TPSA) is 106 Å². The quantitative estimate of drug-likeness (QED) is 0.411. The van der Waals surface area contributed by atoms with E-state index in [1.807, 2.05) is 60.3 Å².